The van der Waals surface area contributed by atoms with Crippen LogP contribution in [0.15, 0.2) is 0 Å². The Morgan fingerprint density at radius 2 is 2.07 bits per heavy atom. The molecule has 0 unspecified atom stereocenters. The molecule has 0 radical (unpaired) electrons. The van der Waals surface area contributed by atoms with Crippen LogP contribution in [0.3, 0.4) is 0 Å². The first-order valence-corrected chi connectivity index (χ1v) is 5.93. The zero-order chi connectivity index (χ0) is 10.7. The average molecular weight is 208 g/mol. The third-order valence-electron chi connectivity index (χ3n) is 3.23. The molecule has 0 saturated heterocycles. The molecular formula is C11H20N4. The molecule has 4 nitrogen and oxygen atoms in total. The molecule has 0 spiro atoms. The van der Waals surface area contributed by atoms with Gasteiger partial charge in [0.15, 0.2) is 0 Å². The second-order valence-corrected chi connectivity index (χ2v) is 4.27. The van der Waals surface area contributed by atoms with Gasteiger partial charge in [0.1, 0.15) is 11.6 Å². The van der Waals surface area contributed by atoms with Gasteiger partial charge in [0.2, 0.25) is 0 Å². The normalized spacial score (nSPS) is 17.5. The summed E-state index contributed by atoms with van der Waals surface area (Å²) in [5.41, 5.74) is 0. The number of nitrogens with one attached hydrogen (secondary N) is 1. The Labute approximate surface area is 91.1 Å². The maximum atomic E-state index is 4.20. The van der Waals surface area contributed by atoms with E-state index in [9.17, 15) is 0 Å². The molecule has 4 heteroatoms. The summed E-state index contributed by atoms with van der Waals surface area (Å²) in [6, 6.07) is 0.701. The molecule has 1 saturated carbocycles. The largest absolute Gasteiger partial charge is 0.314 e. The van der Waals surface area contributed by atoms with Gasteiger partial charge in [-0.3, -0.25) is 0 Å². The van der Waals surface area contributed by atoms with Gasteiger partial charge in [-0.1, -0.05) is 12.8 Å². The Hall–Kier alpha value is -0.900. The van der Waals surface area contributed by atoms with E-state index in [-0.39, 0.29) is 0 Å². The fourth-order valence-electron chi connectivity index (χ4n) is 2.33. The molecule has 15 heavy (non-hydrogen) atoms. The van der Waals surface area contributed by atoms with Gasteiger partial charge in [-0.2, -0.15) is 0 Å². The third-order valence-corrected chi connectivity index (χ3v) is 3.23. The Balaban J connectivity index is 1.92. The number of rotatable bonds is 4. The van der Waals surface area contributed by atoms with Crippen LogP contribution in [0.2, 0.25) is 0 Å². The predicted octanol–water partition coefficient (Wildman–Crippen LogP) is 1.64. The summed E-state index contributed by atoms with van der Waals surface area (Å²) >= 11 is 0. The minimum Gasteiger partial charge on any atom is -0.314 e. The number of hydrogen-bond acceptors (Lipinski definition) is 3. The minimum atomic E-state index is 0.701. The summed E-state index contributed by atoms with van der Waals surface area (Å²) in [6.45, 7) is 5.96. The number of nitrogens with zero attached hydrogens (tertiary/aromatic N) is 3. The molecule has 0 aromatic carbocycles. The van der Waals surface area contributed by atoms with Crippen molar-refractivity contribution in [3.63, 3.8) is 0 Å². The molecule has 0 aliphatic heterocycles. The fraction of sp³-hybridized carbons (Fsp3) is 0.818. The molecule has 1 N–H and O–H groups in total. The summed E-state index contributed by atoms with van der Waals surface area (Å²) in [5.74, 6) is 2.09. The van der Waals surface area contributed by atoms with Crippen LogP contribution in [-0.4, -0.2) is 20.8 Å². The average Bonchev–Trinajstić information content (AvgIpc) is 2.84. The summed E-state index contributed by atoms with van der Waals surface area (Å²) in [5, 5.41) is 11.9. The number of hydrogen-bond donors (Lipinski definition) is 1. The van der Waals surface area contributed by atoms with Crippen molar-refractivity contribution in [2.75, 3.05) is 0 Å². The van der Waals surface area contributed by atoms with E-state index >= 15 is 0 Å². The van der Waals surface area contributed by atoms with Crippen molar-refractivity contribution in [1.82, 2.24) is 20.1 Å². The van der Waals surface area contributed by atoms with Gasteiger partial charge in [0.05, 0.1) is 6.54 Å². The monoisotopic (exact) mass is 208 g/mol. The highest BCUT2D eigenvalue weighted by Crippen LogP contribution is 2.17. The minimum absolute atomic E-state index is 0.701. The third kappa shape index (κ3) is 2.37. The van der Waals surface area contributed by atoms with Crippen LogP contribution in [0.5, 0.6) is 0 Å². The molecule has 1 aromatic heterocycles. The highest BCUT2D eigenvalue weighted by atomic mass is 15.3. The van der Waals surface area contributed by atoms with E-state index in [2.05, 4.69) is 27.0 Å². The number of aryl methyl sites for hydroxylation is 1. The van der Waals surface area contributed by atoms with Crippen LogP contribution in [0, 0.1) is 6.92 Å². The summed E-state index contributed by atoms with van der Waals surface area (Å²) in [6.07, 6.45) is 5.38. The molecule has 1 aliphatic carbocycles. The fourth-order valence-corrected chi connectivity index (χ4v) is 2.33. The maximum Gasteiger partial charge on any atom is 0.146 e. The van der Waals surface area contributed by atoms with E-state index in [1.54, 1.807) is 0 Å². The van der Waals surface area contributed by atoms with Crippen molar-refractivity contribution in [3.05, 3.63) is 11.6 Å². The highest BCUT2D eigenvalue weighted by molar-refractivity contribution is 4.94. The lowest BCUT2D eigenvalue weighted by Gasteiger charge is -2.11. The van der Waals surface area contributed by atoms with E-state index in [4.69, 9.17) is 0 Å². The lowest BCUT2D eigenvalue weighted by molar-refractivity contribution is 0.500. The summed E-state index contributed by atoms with van der Waals surface area (Å²) in [7, 11) is 0. The first kappa shape index (κ1) is 10.6. The van der Waals surface area contributed by atoms with Crippen molar-refractivity contribution in [3.8, 4) is 0 Å². The molecule has 2 rings (SSSR count). The second-order valence-electron chi connectivity index (χ2n) is 4.27. The molecule has 1 fully saturated rings. The lowest BCUT2D eigenvalue weighted by Crippen LogP contribution is -2.27. The van der Waals surface area contributed by atoms with Gasteiger partial charge in [-0.05, 0) is 26.7 Å². The molecule has 0 amide bonds. The molecular weight excluding hydrogens is 188 g/mol. The van der Waals surface area contributed by atoms with Crippen LogP contribution in [0.1, 0.15) is 44.3 Å². The smallest absolute Gasteiger partial charge is 0.146 e. The highest BCUT2D eigenvalue weighted by Gasteiger charge is 2.15. The van der Waals surface area contributed by atoms with E-state index < -0.39 is 0 Å². The van der Waals surface area contributed by atoms with Crippen LogP contribution >= 0.6 is 0 Å². The Morgan fingerprint density at radius 3 is 2.73 bits per heavy atom. The van der Waals surface area contributed by atoms with Crippen molar-refractivity contribution in [2.24, 2.45) is 0 Å². The topological polar surface area (TPSA) is 42.7 Å². The summed E-state index contributed by atoms with van der Waals surface area (Å²) < 4.78 is 2.17. The Bertz CT molecular complexity index is 312. The molecule has 0 bridgehead atoms. The van der Waals surface area contributed by atoms with Gasteiger partial charge in [0, 0.05) is 12.6 Å². The Morgan fingerprint density at radius 1 is 1.33 bits per heavy atom. The predicted molar refractivity (Wildman–Crippen MR) is 59.5 cm³/mol. The van der Waals surface area contributed by atoms with Crippen LogP contribution in [-0.2, 0) is 13.1 Å². The molecule has 0 atom stereocenters. The van der Waals surface area contributed by atoms with Crippen LogP contribution in [0.4, 0.5) is 0 Å². The van der Waals surface area contributed by atoms with Gasteiger partial charge < -0.3 is 9.88 Å². The lowest BCUT2D eigenvalue weighted by atomic mass is 10.2. The van der Waals surface area contributed by atoms with E-state index in [1.165, 1.54) is 25.7 Å². The van der Waals surface area contributed by atoms with Crippen molar-refractivity contribution < 1.29 is 0 Å². The second kappa shape index (κ2) is 4.75. The van der Waals surface area contributed by atoms with E-state index in [0.717, 1.165) is 24.7 Å². The van der Waals surface area contributed by atoms with E-state index in [1.807, 2.05) is 6.92 Å². The van der Waals surface area contributed by atoms with E-state index in [0.29, 0.717) is 6.04 Å². The van der Waals surface area contributed by atoms with Crippen molar-refractivity contribution >= 4 is 0 Å². The standard InChI is InChI=1S/C11H20N4/c1-3-15-9(2)13-14-11(15)8-12-10-6-4-5-7-10/h10,12H,3-8H2,1-2H3. The quantitative estimate of drug-likeness (QED) is 0.818. The van der Waals surface area contributed by atoms with Crippen molar-refractivity contribution in [2.45, 2.75) is 58.7 Å². The van der Waals surface area contributed by atoms with Gasteiger partial charge in [-0.25, -0.2) is 0 Å². The first-order valence-electron chi connectivity index (χ1n) is 5.93. The van der Waals surface area contributed by atoms with Gasteiger partial charge in [-0.15, -0.1) is 10.2 Å². The van der Waals surface area contributed by atoms with Crippen molar-refractivity contribution in [1.29, 1.82) is 0 Å². The summed E-state index contributed by atoms with van der Waals surface area (Å²) in [4.78, 5) is 0. The molecule has 1 heterocycles. The maximum absolute atomic E-state index is 4.20. The Kier molecular flexibility index (Phi) is 3.36. The SMILES string of the molecule is CCn1c(C)nnc1CNC1CCCC1. The van der Waals surface area contributed by atoms with Gasteiger partial charge in [0.25, 0.3) is 0 Å². The molecule has 84 valence electrons. The zero-order valence-electron chi connectivity index (χ0n) is 9.66. The molecule has 1 aromatic rings. The van der Waals surface area contributed by atoms with Crippen LogP contribution < -0.4 is 5.32 Å². The zero-order valence-corrected chi connectivity index (χ0v) is 9.66. The number of aromatic nitrogens is 3. The molecule has 1 aliphatic rings. The van der Waals surface area contributed by atoms with Gasteiger partial charge >= 0.3 is 0 Å². The van der Waals surface area contributed by atoms with Crippen LogP contribution in [0.25, 0.3) is 0 Å². The first-order chi connectivity index (χ1) is 7.31.